The van der Waals surface area contributed by atoms with E-state index < -0.39 is 5.82 Å². The summed E-state index contributed by atoms with van der Waals surface area (Å²) in [6, 6.07) is 21.5. The fourth-order valence-electron chi connectivity index (χ4n) is 3.58. The van der Waals surface area contributed by atoms with Gasteiger partial charge < -0.3 is 4.74 Å². The van der Waals surface area contributed by atoms with Crippen LogP contribution >= 0.6 is 0 Å². The summed E-state index contributed by atoms with van der Waals surface area (Å²) >= 11 is 0. The zero-order valence-electron chi connectivity index (χ0n) is 19.4. The Hall–Kier alpha value is -3.80. The molecule has 4 nitrogen and oxygen atoms in total. The van der Waals surface area contributed by atoms with E-state index in [4.69, 9.17) is 4.74 Å². The summed E-state index contributed by atoms with van der Waals surface area (Å²) in [4.78, 5) is 12.9. The first kappa shape index (κ1) is 23.4. The fourth-order valence-corrected chi connectivity index (χ4v) is 3.58. The molecule has 0 fully saturated rings. The van der Waals surface area contributed by atoms with Crippen molar-refractivity contribution in [3.8, 4) is 17.2 Å². The molecule has 0 bridgehead atoms. The smallest absolute Gasteiger partial charge is 0.143 e. The van der Waals surface area contributed by atoms with E-state index in [1.807, 2.05) is 45.0 Å². The maximum absolute atomic E-state index is 14.7. The molecule has 0 saturated heterocycles. The van der Waals surface area contributed by atoms with Gasteiger partial charge in [0.15, 0.2) is 0 Å². The number of para-hydroxylation sites is 1. The summed E-state index contributed by atoms with van der Waals surface area (Å²) in [5.74, 6) is -0.100. The minimum Gasteiger partial charge on any atom is -0.457 e. The van der Waals surface area contributed by atoms with E-state index in [1.54, 1.807) is 41.1 Å². The number of ether oxygens (including phenoxy) is 1. The molecule has 1 heterocycles. The third-order valence-electron chi connectivity index (χ3n) is 5.37. The quantitative estimate of drug-likeness (QED) is 0.312. The Labute approximate surface area is 197 Å². The Kier molecular flexibility index (Phi) is 6.59. The Bertz CT molecular complexity index is 1310. The van der Waals surface area contributed by atoms with Crippen LogP contribution in [0.25, 0.3) is 5.69 Å². The van der Waals surface area contributed by atoms with Gasteiger partial charge >= 0.3 is 0 Å². The van der Waals surface area contributed by atoms with Crippen molar-refractivity contribution in [1.29, 1.82) is 0 Å². The lowest BCUT2D eigenvalue weighted by atomic mass is 9.92. The lowest BCUT2D eigenvalue weighted by molar-refractivity contribution is -0.117. The average Bonchev–Trinajstić information content (AvgIpc) is 3.21. The highest BCUT2D eigenvalue weighted by atomic mass is 19.1. The molecule has 0 N–H and O–H groups in total. The molecule has 0 aliphatic rings. The van der Waals surface area contributed by atoms with Gasteiger partial charge in [0, 0.05) is 24.3 Å². The molecule has 6 heteroatoms. The molecule has 0 amide bonds. The van der Waals surface area contributed by atoms with Crippen LogP contribution in [0.4, 0.5) is 8.78 Å². The third kappa shape index (κ3) is 5.57. The zero-order chi connectivity index (χ0) is 24.3. The predicted molar refractivity (Wildman–Crippen MR) is 128 cm³/mol. The van der Waals surface area contributed by atoms with E-state index in [1.165, 1.54) is 18.2 Å². The van der Waals surface area contributed by atoms with E-state index in [0.717, 1.165) is 5.69 Å². The minimum atomic E-state index is -0.504. The molecule has 0 saturated carbocycles. The number of hydrogen-bond donors (Lipinski definition) is 0. The topological polar surface area (TPSA) is 44.1 Å². The van der Waals surface area contributed by atoms with Crippen LogP contribution in [0.15, 0.2) is 78.9 Å². The number of halogens is 2. The standard InChI is InChI=1S/C28H26F2N2O2/c1-28(2,3)27-17-22(32(31-27)21-9-7-8-20(29)15-21)16-23(33)14-19-12-13-25(18-26(19)30)34-24-10-5-4-6-11-24/h4-13,15,17-18H,14,16H2,1-3H3. The molecule has 0 radical (unpaired) electrons. The minimum absolute atomic E-state index is 0.0430. The Morgan fingerprint density at radius 1 is 0.882 bits per heavy atom. The van der Waals surface area contributed by atoms with E-state index in [-0.39, 0.29) is 29.9 Å². The van der Waals surface area contributed by atoms with Crippen molar-refractivity contribution in [1.82, 2.24) is 9.78 Å². The monoisotopic (exact) mass is 460 g/mol. The van der Waals surface area contributed by atoms with Gasteiger partial charge in [0.2, 0.25) is 0 Å². The van der Waals surface area contributed by atoms with E-state index in [9.17, 15) is 13.6 Å². The number of hydrogen-bond acceptors (Lipinski definition) is 3. The normalized spacial score (nSPS) is 11.4. The molecule has 0 unspecified atom stereocenters. The Morgan fingerprint density at radius 2 is 1.65 bits per heavy atom. The first-order valence-corrected chi connectivity index (χ1v) is 11.1. The highest BCUT2D eigenvalue weighted by Gasteiger charge is 2.22. The molecule has 0 atom stereocenters. The molecule has 0 spiro atoms. The van der Waals surface area contributed by atoms with Crippen LogP contribution in [-0.2, 0) is 23.1 Å². The summed E-state index contributed by atoms with van der Waals surface area (Å²) in [5.41, 5.74) is 1.99. The molecule has 0 aliphatic heterocycles. The molecule has 0 aliphatic carbocycles. The number of aromatic nitrogens is 2. The number of benzene rings is 3. The molecular formula is C28H26F2N2O2. The Balaban J connectivity index is 1.53. The SMILES string of the molecule is CC(C)(C)c1cc(CC(=O)Cc2ccc(Oc3ccccc3)cc2F)n(-c2cccc(F)c2)n1. The fraction of sp³-hybridized carbons (Fsp3) is 0.214. The van der Waals surface area contributed by atoms with Crippen LogP contribution in [0.3, 0.4) is 0 Å². The number of nitrogens with zero attached hydrogens (tertiary/aromatic N) is 2. The first-order valence-electron chi connectivity index (χ1n) is 11.1. The number of carbonyl (C=O) groups excluding carboxylic acids is 1. The molecule has 1 aromatic heterocycles. The predicted octanol–water partition coefficient (Wildman–Crippen LogP) is 6.59. The summed E-state index contributed by atoms with van der Waals surface area (Å²) in [6.07, 6.45) is -0.0298. The molecule has 4 aromatic rings. The lowest BCUT2D eigenvalue weighted by Gasteiger charge is -2.14. The van der Waals surface area contributed by atoms with Gasteiger partial charge in [-0.3, -0.25) is 4.79 Å². The van der Waals surface area contributed by atoms with Gasteiger partial charge in [-0.05, 0) is 48.0 Å². The number of rotatable bonds is 7. The first-order chi connectivity index (χ1) is 16.2. The summed E-state index contributed by atoms with van der Waals surface area (Å²) in [6.45, 7) is 6.06. The zero-order valence-corrected chi connectivity index (χ0v) is 19.4. The molecular weight excluding hydrogens is 434 g/mol. The molecule has 34 heavy (non-hydrogen) atoms. The van der Waals surface area contributed by atoms with Gasteiger partial charge in [-0.25, -0.2) is 13.5 Å². The highest BCUT2D eigenvalue weighted by Crippen LogP contribution is 2.26. The van der Waals surface area contributed by atoms with Gasteiger partial charge in [-0.15, -0.1) is 0 Å². The largest absolute Gasteiger partial charge is 0.457 e. The number of carbonyl (C=O) groups is 1. The van der Waals surface area contributed by atoms with Crippen molar-refractivity contribution < 1.29 is 18.3 Å². The van der Waals surface area contributed by atoms with Gasteiger partial charge in [-0.1, -0.05) is 51.1 Å². The van der Waals surface area contributed by atoms with Crippen molar-refractivity contribution in [2.75, 3.05) is 0 Å². The number of ketones is 1. The van der Waals surface area contributed by atoms with Crippen LogP contribution < -0.4 is 4.74 Å². The second-order valence-electron chi connectivity index (χ2n) is 9.22. The van der Waals surface area contributed by atoms with Crippen LogP contribution in [0.1, 0.15) is 37.7 Å². The lowest BCUT2D eigenvalue weighted by Crippen LogP contribution is -2.13. The molecule has 4 rings (SSSR count). The average molecular weight is 461 g/mol. The van der Waals surface area contributed by atoms with E-state index in [2.05, 4.69) is 5.10 Å². The third-order valence-corrected chi connectivity index (χ3v) is 5.37. The van der Waals surface area contributed by atoms with Crippen LogP contribution in [-0.4, -0.2) is 15.6 Å². The van der Waals surface area contributed by atoms with Gasteiger partial charge in [0.25, 0.3) is 0 Å². The second kappa shape index (κ2) is 9.59. The van der Waals surface area contributed by atoms with Crippen molar-refractivity contribution in [3.05, 3.63) is 107 Å². The van der Waals surface area contributed by atoms with Gasteiger partial charge in [0.05, 0.1) is 17.1 Å². The van der Waals surface area contributed by atoms with Gasteiger partial charge in [-0.2, -0.15) is 5.10 Å². The number of Topliss-reactive ketones (excluding diaryl/α,β-unsaturated/α-hetero) is 1. The van der Waals surface area contributed by atoms with Crippen molar-refractivity contribution in [3.63, 3.8) is 0 Å². The van der Waals surface area contributed by atoms with Gasteiger partial charge in [0.1, 0.15) is 28.9 Å². The van der Waals surface area contributed by atoms with Crippen molar-refractivity contribution in [2.24, 2.45) is 0 Å². The summed E-state index contributed by atoms with van der Waals surface area (Å²) in [7, 11) is 0. The van der Waals surface area contributed by atoms with E-state index in [0.29, 0.717) is 28.4 Å². The summed E-state index contributed by atoms with van der Waals surface area (Å²) < 4.78 is 35.8. The van der Waals surface area contributed by atoms with E-state index >= 15 is 0 Å². The van der Waals surface area contributed by atoms with Crippen molar-refractivity contribution >= 4 is 5.78 Å². The maximum Gasteiger partial charge on any atom is 0.143 e. The second-order valence-corrected chi connectivity index (χ2v) is 9.22. The molecule has 3 aromatic carbocycles. The Morgan fingerprint density at radius 3 is 2.32 bits per heavy atom. The maximum atomic E-state index is 14.7. The molecule has 174 valence electrons. The summed E-state index contributed by atoms with van der Waals surface area (Å²) in [5, 5.41) is 4.63. The van der Waals surface area contributed by atoms with Crippen LogP contribution in [0, 0.1) is 11.6 Å². The van der Waals surface area contributed by atoms with Crippen molar-refractivity contribution in [2.45, 2.75) is 39.0 Å². The highest BCUT2D eigenvalue weighted by molar-refractivity contribution is 5.83. The van der Waals surface area contributed by atoms with Crippen LogP contribution in [0.2, 0.25) is 0 Å². The van der Waals surface area contributed by atoms with Crippen LogP contribution in [0.5, 0.6) is 11.5 Å².